The highest BCUT2D eigenvalue weighted by atomic mass is 16.3. The summed E-state index contributed by atoms with van der Waals surface area (Å²) in [6, 6.07) is 61.5. The van der Waals surface area contributed by atoms with Crippen molar-refractivity contribution < 1.29 is 4.42 Å². The van der Waals surface area contributed by atoms with E-state index in [0.29, 0.717) is 0 Å². The fourth-order valence-electron chi connectivity index (χ4n) is 14.2. The first kappa shape index (κ1) is 53.1. The molecule has 0 N–H and O–H groups in total. The Hall–Kier alpha value is -7.24. The molecule has 4 aliphatic rings. The van der Waals surface area contributed by atoms with Crippen molar-refractivity contribution in [2.75, 3.05) is 14.7 Å². The Morgan fingerprint density at radius 2 is 0.938 bits per heavy atom. The zero-order valence-electron chi connectivity index (χ0n) is 51.2. The molecular weight excluding hydrogens is 982 g/mol. The molecule has 0 saturated carbocycles. The molecule has 0 radical (unpaired) electrons. The normalized spacial score (nSPS) is 17.3. The van der Waals surface area contributed by atoms with Crippen molar-refractivity contribution >= 4 is 85.5 Å². The molecule has 13 rings (SSSR count). The number of hydrogen-bond donors (Lipinski definition) is 0. The molecular formula is C76H82BN3O. The van der Waals surface area contributed by atoms with Gasteiger partial charge in [0, 0.05) is 45.1 Å². The van der Waals surface area contributed by atoms with Crippen LogP contribution in [-0.2, 0) is 32.5 Å². The van der Waals surface area contributed by atoms with Gasteiger partial charge in [0.2, 0.25) is 0 Å². The Kier molecular flexibility index (Phi) is 11.9. The number of rotatable bonds is 6. The van der Waals surface area contributed by atoms with Crippen LogP contribution in [0.25, 0.3) is 22.1 Å². The Morgan fingerprint density at radius 1 is 0.457 bits per heavy atom. The number of aryl methyl sites for hydroxylation is 2. The number of benzene rings is 8. The maximum atomic E-state index is 7.66. The minimum atomic E-state index is -0.229. The lowest BCUT2D eigenvalue weighted by Gasteiger charge is -2.48. The van der Waals surface area contributed by atoms with Gasteiger partial charge in [-0.1, -0.05) is 187 Å². The van der Waals surface area contributed by atoms with Crippen molar-refractivity contribution in [2.45, 2.75) is 169 Å². The second-order valence-corrected chi connectivity index (χ2v) is 29.4. The Balaban J connectivity index is 1.24. The average molecular weight is 1060 g/mol. The molecule has 4 nitrogen and oxygen atoms in total. The van der Waals surface area contributed by atoms with Crippen LogP contribution < -0.4 is 31.3 Å². The molecule has 3 heterocycles. The first-order chi connectivity index (χ1) is 38.2. The first-order valence-electron chi connectivity index (χ1n) is 30.0. The summed E-state index contributed by atoms with van der Waals surface area (Å²) in [5, 5.41) is 1.14. The van der Waals surface area contributed by atoms with Gasteiger partial charge in [-0.15, -0.1) is 0 Å². The lowest BCUT2D eigenvalue weighted by molar-refractivity contribution is 0.332. The Morgan fingerprint density at radius 3 is 1.47 bits per heavy atom. The van der Waals surface area contributed by atoms with E-state index in [4.69, 9.17) is 4.42 Å². The predicted molar refractivity (Wildman–Crippen MR) is 348 cm³/mol. The van der Waals surface area contributed by atoms with Crippen molar-refractivity contribution in [1.82, 2.24) is 0 Å². The third-order valence-electron chi connectivity index (χ3n) is 19.6. The van der Waals surface area contributed by atoms with Crippen molar-refractivity contribution in [3.63, 3.8) is 0 Å². The third-order valence-corrected chi connectivity index (χ3v) is 19.6. The van der Waals surface area contributed by atoms with E-state index in [1.807, 2.05) is 0 Å². The van der Waals surface area contributed by atoms with E-state index in [2.05, 4.69) is 283 Å². The summed E-state index contributed by atoms with van der Waals surface area (Å²) in [7, 11) is 0. The summed E-state index contributed by atoms with van der Waals surface area (Å²) in [4.78, 5) is 7.82. The first-order valence-corrected chi connectivity index (χ1v) is 30.0. The van der Waals surface area contributed by atoms with E-state index in [-0.39, 0.29) is 39.2 Å². The summed E-state index contributed by atoms with van der Waals surface area (Å²) in [5.41, 5.74) is 27.8. The largest absolute Gasteiger partial charge is 0.468 e. The van der Waals surface area contributed by atoms with E-state index in [9.17, 15) is 0 Å². The lowest BCUT2D eigenvalue weighted by atomic mass is 9.35. The molecule has 2 aliphatic carbocycles. The standard InChI is InChI=1S/C76H82BN3O/c1-47-22-29-52(30-23-47)78(53-31-24-48(2)25-32-53)55-41-65-68-66(42-55)80(63-45-60-58(73(9,10)36-38-75(60,13)14)43-56(63)49-20-18-17-19-21-49)64-46-61-59(74(11,12)37-39-76(61,15)16)44-62(64)77(68)70-69(57-40-51(72(6,7)8)28-35-67(57)81-70)79(65)54-33-26-50(27-34-54)71(3,4)5/h17-35,40-46H,36-39H2,1-16H3. The van der Waals surface area contributed by atoms with Gasteiger partial charge in [-0.05, 0) is 201 Å². The molecule has 0 amide bonds. The van der Waals surface area contributed by atoms with Crippen LogP contribution in [0, 0.1) is 13.8 Å². The highest BCUT2D eigenvalue weighted by molar-refractivity contribution is 7.00. The van der Waals surface area contributed by atoms with Gasteiger partial charge in [0.1, 0.15) is 5.58 Å². The minimum Gasteiger partial charge on any atom is -0.468 e. The fraction of sp³-hybridized carbons (Fsp3) is 0.342. The maximum Gasteiger partial charge on any atom is 0.297 e. The summed E-state index contributed by atoms with van der Waals surface area (Å²) < 4.78 is 7.66. The molecule has 0 saturated heterocycles. The Labute approximate surface area is 484 Å². The SMILES string of the molecule is Cc1ccc(N(c2ccc(C)cc2)c2cc3c4c(c2)N(c2ccc(C(C)(C)C)cc2)c2c(oc5ccc(C(C)(C)C)cc25)B4c2cc4c(cc2N3c2cc3c(cc2-c2ccccc2)C(C)(C)CCC3(C)C)C(C)(C)CCC4(C)C)cc1. The van der Waals surface area contributed by atoms with Crippen molar-refractivity contribution in [3.8, 4) is 11.1 Å². The van der Waals surface area contributed by atoms with Crippen LogP contribution >= 0.6 is 0 Å². The average Bonchev–Trinajstić information content (AvgIpc) is 3.29. The quantitative estimate of drug-likeness (QED) is 0.155. The highest BCUT2D eigenvalue weighted by Gasteiger charge is 2.50. The predicted octanol–water partition coefficient (Wildman–Crippen LogP) is 19.6. The van der Waals surface area contributed by atoms with Gasteiger partial charge < -0.3 is 19.1 Å². The monoisotopic (exact) mass is 1060 g/mol. The molecule has 81 heavy (non-hydrogen) atoms. The molecule has 2 aliphatic heterocycles. The zero-order chi connectivity index (χ0) is 57.1. The third kappa shape index (κ3) is 8.61. The van der Waals surface area contributed by atoms with Crippen LogP contribution in [0.2, 0.25) is 0 Å². The van der Waals surface area contributed by atoms with Crippen molar-refractivity contribution in [3.05, 3.63) is 202 Å². The zero-order valence-corrected chi connectivity index (χ0v) is 51.2. The molecule has 410 valence electrons. The molecule has 0 bridgehead atoms. The second kappa shape index (κ2) is 18.1. The van der Waals surface area contributed by atoms with Gasteiger partial charge in [0.05, 0.1) is 22.7 Å². The van der Waals surface area contributed by atoms with Crippen LogP contribution in [0.15, 0.2) is 162 Å². The smallest absolute Gasteiger partial charge is 0.297 e. The molecule has 5 heteroatoms. The number of nitrogens with zero attached hydrogens (tertiary/aromatic N) is 3. The number of fused-ring (bicyclic) bond motifs is 8. The number of hydrogen-bond acceptors (Lipinski definition) is 4. The van der Waals surface area contributed by atoms with Crippen LogP contribution in [0.3, 0.4) is 0 Å². The van der Waals surface area contributed by atoms with E-state index < -0.39 is 0 Å². The Bertz CT molecular complexity index is 3930. The van der Waals surface area contributed by atoms with Crippen LogP contribution in [0.1, 0.15) is 167 Å². The molecule has 1 aromatic heterocycles. The summed E-state index contributed by atoms with van der Waals surface area (Å²) in [6.07, 6.45) is 4.50. The molecule has 0 fully saturated rings. The van der Waals surface area contributed by atoms with Crippen LogP contribution in [-0.4, -0.2) is 6.71 Å². The van der Waals surface area contributed by atoms with E-state index in [1.54, 1.807) is 0 Å². The summed E-state index contributed by atoms with van der Waals surface area (Å²) in [6.45, 7) is 37.9. The van der Waals surface area contributed by atoms with Gasteiger partial charge in [-0.25, -0.2) is 0 Å². The van der Waals surface area contributed by atoms with Gasteiger partial charge in [0.25, 0.3) is 6.71 Å². The van der Waals surface area contributed by atoms with Crippen molar-refractivity contribution in [1.29, 1.82) is 0 Å². The van der Waals surface area contributed by atoms with Gasteiger partial charge >= 0.3 is 0 Å². The molecule has 0 atom stereocenters. The van der Waals surface area contributed by atoms with Gasteiger partial charge in [0.15, 0.2) is 0 Å². The summed E-state index contributed by atoms with van der Waals surface area (Å²) >= 11 is 0. The molecule has 8 aromatic carbocycles. The van der Waals surface area contributed by atoms with Gasteiger partial charge in [-0.2, -0.15) is 0 Å². The molecule has 9 aromatic rings. The van der Waals surface area contributed by atoms with Crippen LogP contribution in [0.5, 0.6) is 0 Å². The minimum absolute atomic E-state index is 0.00173. The number of furan rings is 1. The molecule has 0 spiro atoms. The number of anilines is 9. The second-order valence-electron chi connectivity index (χ2n) is 29.4. The van der Waals surface area contributed by atoms with E-state index >= 15 is 0 Å². The highest BCUT2D eigenvalue weighted by Crippen LogP contribution is 2.56. The van der Waals surface area contributed by atoms with E-state index in [1.165, 1.54) is 83.6 Å². The van der Waals surface area contributed by atoms with Gasteiger partial charge in [-0.3, -0.25) is 0 Å². The molecule has 0 unspecified atom stereocenters. The van der Waals surface area contributed by atoms with Crippen molar-refractivity contribution in [2.24, 2.45) is 0 Å². The topological polar surface area (TPSA) is 22.9 Å². The van der Waals surface area contributed by atoms with Crippen LogP contribution in [0.4, 0.5) is 51.2 Å². The van der Waals surface area contributed by atoms with E-state index in [0.717, 1.165) is 76.4 Å². The maximum absolute atomic E-state index is 7.66. The summed E-state index contributed by atoms with van der Waals surface area (Å²) in [5.74, 6) is 0. The lowest BCUT2D eigenvalue weighted by Crippen LogP contribution is -2.61. The fourth-order valence-corrected chi connectivity index (χ4v) is 14.2.